The molecule has 2 aromatic heterocycles. The number of carbonyl (C=O) groups is 1. The van der Waals surface area contributed by atoms with Crippen molar-refractivity contribution in [2.24, 2.45) is 0 Å². The van der Waals surface area contributed by atoms with E-state index in [0.717, 1.165) is 11.3 Å². The second kappa shape index (κ2) is 9.15. The molecule has 170 valence electrons. The van der Waals surface area contributed by atoms with Gasteiger partial charge >= 0.3 is 5.97 Å². The minimum absolute atomic E-state index is 0.249. The summed E-state index contributed by atoms with van der Waals surface area (Å²) in [6, 6.07) is 11.7. The summed E-state index contributed by atoms with van der Waals surface area (Å²) in [5.74, 6) is 1.19. The van der Waals surface area contributed by atoms with E-state index in [9.17, 15) is 9.59 Å². The van der Waals surface area contributed by atoms with Crippen molar-refractivity contribution in [2.75, 3.05) is 7.11 Å². The van der Waals surface area contributed by atoms with Gasteiger partial charge in [-0.1, -0.05) is 17.3 Å². The Balaban J connectivity index is 1.49. The molecular weight excluding hydrogens is 426 g/mol. The first-order chi connectivity index (χ1) is 15.9. The summed E-state index contributed by atoms with van der Waals surface area (Å²) in [4.78, 5) is 32.1. The van der Waals surface area contributed by atoms with E-state index in [-0.39, 0.29) is 23.6 Å². The van der Waals surface area contributed by atoms with Gasteiger partial charge in [0.1, 0.15) is 12.4 Å². The number of nitrogens with one attached hydrogen (secondary N) is 1. The maximum atomic E-state index is 12.7. The third-order valence-electron chi connectivity index (χ3n) is 5.25. The highest BCUT2D eigenvalue weighted by Crippen LogP contribution is 2.30. The Hall–Kier alpha value is -4.14. The van der Waals surface area contributed by atoms with E-state index >= 15 is 0 Å². The molecule has 0 aliphatic rings. The number of nitrogens with zero attached hydrogens (tertiary/aromatic N) is 2. The van der Waals surface area contributed by atoms with Gasteiger partial charge in [-0.3, -0.25) is 4.79 Å². The van der Waals surface area contributed by atoms with Gasteiger partial charge in [0.2, 0.25) is 0 Å². The summed E-state index contributed by atoms with van der Waals surface area (Å²) >= 11 is 0. The van der Waals surface area contributed by atoms with Gasteiger partial charge in [-0.25, -0.2) is 9.78 Å². The molecule has 0 aliphatic heterocycles. The van der Waals surface area contributed by atoms with Crippen molar-refractivity contribution in [3.05, 3.63) is 81.2 Å². The number of aryl methyl sites for hydroxylation is 2. The molecule has 0 saturated heterocycles. The monoisotopic (exact) mass is 449 g/mol. The van der Waals surface area contributed by atoms with Gasteiger partial charge in [0.05, 0.1) is 34.8 Å². The molecule has 2 heterocycles. The number of ether oxygens (including phenoxy) is 3. The fourth-order valence-corrected chi connectivity index (χ4v) is 3.35. The largest absolute Gasteiger partial charge is 0.493 e. The number of para-hydroxylation sites is 1. The molecule has 9 nitrogen and oxygen atoms in total. The Bertz CT molecular complexity index is 1350. The van der Waals surface area contributed by atoms with Crippen LogP contribution in [-0.2, 0) is 11.3 Å². The van der Waals surface area contributed by atoms with Crippen LogP contribution in [0.25, 0.3) is 10.9 Å². The second-order valence-electron chi connectivity index (χ2n) is 7.47. The smallest absolute Gasteiger partial charge is 0.338 e. The molecule has 0 radical (unpaired) electrons. The molecule has 0 bridgehead atoms. The van der Waals surface area contributed by atoms with Gasteiger partial charge in [0, 0.05) is 0 Å². The zero-order chi connectivity index (χ0) is 23.5. The average Bonchev–Trinajstić information content (AvgIpc) is 3.14. The Morgan fingerprint density at radius 3 is 2.67 bits per heavy atom. The number of aromatic nitrogens is 3. The van der Waals surface area contributed by atoms with Gasteiger partial charge in [0.25, 0.3) is 5.56 Å². The molecule has 4 rings (SSSR count). The van der Waals surface area contributed by atoms with Crippen LogP contribution in [0.4, 0.5) is 0 Å². The molecule has 0 saturated carbocycles. The maximum absolute atomic E-state index is 12.7. The zero-order valence-corrected chi connectivity index (χ0v) is 18.7. The van der Waals surface area contributed by atoms with Gasteiger partial charge in [-0.05, 0) is 51.1 Å². The molecular formula is C24H23N3O6. The Morgan fingerprint density at radius 2 is 1.94 bits per heavy atom. The molecule has 1 unspecified atom stereocenters. The lowest BCUT2D eigenvalue weighted by atomic mass is 10.2. The molecule has 33 heavy (non-hydrogen) atoms. The molecule has 0 aliphatic carbocycles. The first kappa shape index (κ1) is 22.1. The number of carbonyl (C=O) groups excluding carboxylic acids is 1. The molecule has 1 N–H and O–H groups in total. The minimum atomic E-state index is -0.767. The van der Waals surface area contributed by atoms with Crippen LogP contribution in [0, 0.1) is 13.8 Å². The molecule has 0 spiro atoms. The third kappa shape index (κ3) is 4.57. The number of aromatic amines is 1. The van der Waals surface area contributed by atoms with Gasteiger partial charge in [-0.2, -0.15) is 0 Å². The lowest BCUT2D eigenvalue weighted by molar-refractivity contribution is 0.0319. The van der Waals surface area contributed by atoms with Crippen LogP contribution in [0.3, 0.4) is 0 Å². The quantitative estimate of drug-likeness (QED) is 0.420. The molecule has 0 fully saturated rings. The first-order valence-corrected chi connectivity index (χ1v) is 10.3. The standard InChI is InChI=1S/C24H23N3O6/c1-13-18(14(2)33-27-13)12-31-20-10-9-16(11-21(20)30-4)24(29)32-15(3)22-25-19-8-6-5-7-17(19)23(28)26-22/h5-11,15H,12H2,1-4H3,(H,25,26,28). The van der Waals surface area contributed by atoms with E-state index in [1.165, 1.54) is 13.2 Å². The number of methoxy groups -OCH3 is 1. The van der Waals surface area contributed by atoms with E-state index in [4.69, 9.17) is 18.7 Å². The summed E-state index contributed by atoms with van der Waals surface area (Å²) in [5.41, 5.74) is 2.11. The minimum Gasteiger partial charge on any atom is -0.493 e. The summed E-state index contributed by atoms with van der Waals surface area (Å²) < 4.78 is 21.9. The van der Waals surface area contributed by atoms with Crippen LogP contribution in [0.1, 0.15) is 46.2 Å². The summed E-state index contributed by atoms with van der Waals surface area (Å²) in [6.07, 6.45) is -0.767. The van der Waals surface area contributed by atoms with E-state index < -0.39 is 12.1 Å². The van der Waals surface area contributed by atoms with Crippen LogP contribution >= 0.6 is 0 Å². The van der Waals surface area contributed by atoms with Crippen LogP contribution in [-0.4, -0.2) is 28.2 Å². The van der Waals surface area contributed by atoms with Gasteiger partial charge in [0.15, 0.2) is 23.4 Å². The molecule has 1 atom stereocenters. The maximum Gasteiger partial charge on any atom is 0.338 e. The number of hydrogen-bond acceptors (Lipinski definition) is 8. The van der Waals surface area contributed by atoms with Crippen molar-refractivity contribution in [3.63, 3.8) is 0 Å². The molecule has 4 aromatic rings. The van der Waals surface area contributed by atoms with Crippen LogP contribution < -0.4 is 15.0 Å². The van der Waals surface area contributed by atoms with Crippen molar-refractivity contribution >= 4 is 16.9 Å². The predicted molar refractivity (Wildman–Crippen MR) is 119 cm³/mol. The highest BCUT2D eigenvalue weighted by Gasteiger charge is 2.19. The molecule has 9 heteroatoms. The normalized spacial score (nSPS) is 11.9. The van der Waals surface area contributed by atoms with Crippen molar-refractivity contribution in [1.29, 1.82) is 0 Å². The SMILES string of the molecule is COc1cc(C(=O)OC(C)c2nc3ccccc3c(=O)[nH]2)ccc1OCc1c(C)noc1C. The number of rotatable bonds is 7. The highest BCUT2D eigenvalue weighted by molar-refractivity contribution is 5.90. The van der Waals surface area contributed by atoms with E-state index in [1.54, 1.807) is 43.3 Å². The highest BCUT2D eigenvalue weighted by atomic mass is 16.5. The fourth-order valence-electron chi connectivity index (χ4n) is 3.35. The number of hydrogen-bond donors (Lipinski definition) is 1. The van der Waals surface area contributed by atoms with Crippen LogP contribution in [0.2, 0.25) is 0 Å². The Morgan fingerprint density at radius 1 is 1.15 bits per heavy atom. The van der Waals surface area contributed by atoms with Crippen molar-refractivity contribution in [1.82, 2.24) is 15.1 Å². The average molecular weight is 449 g/mol. The first-order valence-electron chi connectivity index (χ1n) is 10.3. The molecule has 2 aromatic carbocycles. The van der Waals surface area contributed by atoms with Crippen LogP contribution in [0.15, 0.2) is 51.8 Å². The van der Waals surface area contributed by atoms with E-state index in [1.807, 2.05) is 13.8 Å². The number of fused-ring (bicyclic) bond motifs is 1. The van der Waals surface area contributed by atoms with E-state index in [2.05, 4.69) is 15.1 Å². The predicted octanol–water partition coefficient (Wildman–Crippen LogP) is 4.03. The van der Waals surface area contributed by atoms with Crippen molar-refractivity contribution < 1.29 is 23.5 Å². The Labute approximate surface area is 189 Å². The number of esters is 1. The van der Waals surface area contributed by atoms with Crippen molar-refractivity contribution in [2.45, 2.75) is 33.5 Å². The number of H-pyrrole nitrogens is 1. The van der Waals surface area contributed by atoms with Crippen molar-refractivity contribution in [3.8, 4) is 11.5 Å². The Kier molecular flexibility index (Phi) is 6.12. The summed E-state index contributed by atoms with van der Waals surface area (Å²) in [6.45, 7) is 5.54. The van der Waals surface area contributed by atoms with E-state index in [0.29, 0.717) is 28.2 Å². The number of benzene rings is 2. The van der Waals surface area contributed by atoms with Gasteiger partial charge < -0.3 is 23.7 Å². The topological polar surface area (TPSA) is 117 Å². The summed E-state index contributed by atoms with van der Waals surface area (Å²) in [7, 11) is 1.49. The third-order valence-corrected chi connectivity index (χ3v) is 5.25. The lowest BCUT2D eigenvalue weighted by Gasteiger charge is -2.15. The van der Waals surface area contributed by atoms with Gasteiger partial charge in [-0.15, -0.1) is 0 Å². The zero-order valence-electron chi connectivity index (χ0n) is 18.7. The fraction of sp³-hybridized carbons (Fsp3) is 0.250. The lowest BCUT2D eigenvalue weighted by Crippen LogP contribution is -2.17. The van der Waals surface area contributed by atoms with Crippen LogP contribution in [0.5, 0.6) is 11.5 Å². The second-order valence-corrected chi connectivity index (χ2v) is 7.47. The molecule has 0 amide bonds. The summed E-state index contributed by atoms with van der Waals surface area (Å²) in [5, 5.41) is 4.38.